The molecule has 2 aromatic carbocycles. The number of aromatic nitrogens is 8. The quantitative estimate of drug-likeness (QED) is 0.313. The fourth-order valence-electron chi connectivity index (χ4n) is 4.09. The number of H-pyrrole nitrogens is 1. The van der Waals surface area contributed by atoms with E-state index in [1.165, 1.54) is 11.9 Å². The Balaban J connectivity index is 1.24. The normalized spacial score (nSPS) is 11.2. The van der Waals surface area contributed by atoms with E-state index in [-0.39, 0.29) is 0 Å². The maximum absolute atomic E-state index is 4.64. The molecule has 0 aliphatic carbocycles. The first-order valence-corrected chi connectivity index (χ1v) is 11.3. The Kier molecular flexibility index (Phi) is 5.44. The summed E-state index contributed by atoms with van der Waals surface area (Å²) in [5.74, 6) is 1.45. The molecule has 35 heavy (non-hydrogen) atoms. The van der Waals surface area contributed by atoms with Gasteiger partial charge in [-0.25, -0.2) is 29.9 Å². The molecule has 10 nitrogen and oxygen atoms in total. The van der Waals surface area contributed by atoms with Crippen molar-refractivity contribution < 1.29 is 0 Å². The van der Waals surface area contributed by atoms with Gasteiger partial charge >= 0.3 is 0 Å². The number of aromatic amines is 1. The molecule has 0 atom stereocenters. The van der Waals surface area contributed by atoms with Crippen LogP contribution in [0, 0.1) is 0 Å². The molecule has 0 bridgehead atoms. The van der Waals surface area contributed by atoms with E-state index in [4.69, 9.17) is 0 Å². The third-order valence-corrected chi connectivity index (χ3v) is 5.80. The summed E-state index contributed by atoms with van der Waals surface area (Å²) in [6.07, 6.45) is 7.29. The van der Waals surface area contributed by atoms with Crippen molar-refractivity contribution in [2.75, 3.05) is 17.2 Å². The number of benzene rings is 2. The first-order valence-electron chi connectivity index (χ1n) is 11.3. The lowest BCUT2D eigenvalue weighted by Gasteiger charge is -2.12. The van der Waals surface area contributed by atoms with Gasteiger partial charge in [-0.15, -0.1) is 0 Å². The number of nitrogens with zero attached hydrogens (tertiary/aromatic N) is 7. The number of anilines is 2. The van der Waals surface area contributed by atoms with Crippen LogP contribution in [0.5, 0.6) is 0 Å². The van der Waals surface area contributed by atoms with Crippen LogP contribution in [-0.4, -0.2) is 46.0 Å². The van der Waals surface area contributed by atoms with Crippen LogP contribution in [0.4, 0.5) is 11.6 Å². The van der Waals surface area contributed by atoms with Crippen molar-refractivity contribution in [3.8, 4) is 5.69 Å². The smallest absolute Gasteiger partial charge is 0.182 e. The Morgan fingerprint density at radius 2 is 1.60 bits per heavy atom. The first kappa shape index (κ1) is 20.7. The number of hydrogen-bond donors (Lipinski definition) is 3. The second-order valence-electron chi connectivity index (χ2n) is 7.98. The van der Waals surface area contributed by atoms with E-state index in [9.17, 15) is 0 Å². The van der Waals surface area contributed by atoms with Gasteiger partial charge in [-0.3, -0.25) is 4.57 Å². The summed E-state index contributed by atoms with van der Waals surface area (Å²) in [4.78, 5) is 29.4. The Hall–Kier alpha value is -4.86. The van der Waals surface area contributed by atoms with Crippen molar-refractivity contribution in [2.24, 2.45) is 0 Å². The Morgan fingerprint density at radius 1 is 0.771 bits per heavy atom. The van der Waals surface area contributed by atoms with Crippen molar-refractivity contribution in [1.82, 2.24) is 39.5 Å². The Bertz CT molecular complexity index is 1590. The zero-order chi connectivity index (χ0) is 23.5. The molecule has 6 rings (SSSR count). The maximum atomic E-state index is 4.64. The molecule has 0 saturated carbocycles. The number of para-hydroxylation sites is 1. The van der Waals surface area contributed by atoms with E-state index in [1.807, 2.05) is 34.9 Å². The van der Waals surface area contributed by atoms with E-state index in [0.29, 0.717) is 24.6 Å². The highest BCUT2D eigenvalue weighted by Crippen LogP contribution is 2.24. The second-order valence-corrected chi connectivity index (χ2v) is 7.98. The van der Waals surface area contributed by atoms with E-state index >= 15 is 0 Å². The number of fused-ring (bicyclic) bond motifs is 2. The predicted molar refractivity (Wildman–Crippen MR) is 134 cm³/mol. The minimum atomic E-state index is 0.643. The zero-order valence-corrected chi connectivity index (χ0v) is 18.8. The molecule has 0 aliphatic rings. The minimum absolute atomic E-state index is 0.643. The number of rotatable bonds is 8. The molecule has 3 N–H and O–H groups in total. The summed E-state index contributed by atoms with van der Waals surface area (Å²) >= 11 is 0. The highest BCUT2D eigenvalue weighted by atomic mass is 15.1. The minimum Gasteiger partial charge on any atom is -0.368 e. The molecular formula is C25H22N10. The topological polar surface area (TPSA) is 122 Å². The molecule has 0 amide bonds. The van der Waals surface area contributed by atoms with Gasteiger partial charge in [0.05, 0.1) is 12.0 Å². The summed E-state index contributed by atoms with van der Waals surface area (Å²) in [6, 6.07) is 18.5. The van der Waals surface area contributed by atoms with Crippen LogP contribution in [0.15, 0.2) is 79.9 Å². The van der Waals surface area contributed by atoms with Crippen LogP contribution < -0.4 is 10.6 Å². The second kappa shape index (κ2) is 9.18. The van der Waals surface area contributed by atoms with Crippen LogP contribution in [0.1, 0.15) is 11.1 Å². The highest BCUT2D eigenvalue weighted by molar-refractivity contribution is 5.84. The lowest BCUT2D eigenvalue weighted by molar-refractivity contribution is 0.963. The molecule has 0 spiro atoms. The van der Waals surface area contributed by atoms with Crippen LogP contribution >= 0.6 is 0 Å². The highest BCUT2D eigenvalue weighted by Gasteiger charge is 2.14. The summed E-state index contributed by atoms with van der Waals surface area (Å²) in [5, 5.41) is 6.78. The van der Waals surface area contributed by atoms with Crippen molar-refractivity contribution >= 4 is 34.0 Å². The van der Waals surface area contributed by atoms with Gasteiger partial charge in [-0.1, -0.05) is 48.5 Å². The third kappa shape index (κ3) is 4.12. The largest absolute Gasteiger partial charge is 0.368 e. The molecule has 4 aromatic heterocycles. The molecule has 4 heterocycles. The van der Waals surface area contributed by atoms with Gasteiger partial charge in [0.15, 0.2) is 28.4 Å². The van der Waals surface area contributed by atoms with Crippen LogP contribution in [-0.2, 0) is 13.0 Å². The molecule has 0 radical (unpaired) electrons. The average Bonchev–Trinajstić information content (AvgIpc) is 3.56. The standard InChI is InChI=1S/C25H22N10/c1-2-6-17(7-3-1)12-27-24-21-25(33-15-32-24)35(16-34-21)19-9-5-4-8-18(19)10-11-26-22-20-23(29-13-28-20)31-14-30-22/h1-9,13-16H,10-12H2,(H,27,32,33)(H2,26,28,29,30,31). The Morgan fingerprint density at radius 3 is 2.54 bits per heavy atom. The Labute approximate surface area is 200 Å². The lowest BCUT2D eigenvalue weighted by Crippen LogP contribution is -2.09. The summed E-state index contributed by atoms with van der Waals surface area (Å²) in [5.41, 5.74) is 6.29. The molecule has 0 fully saturated rings. The van der Waals surface area contributed by atoms with E-state index < -0.39 is 0 Å². The SMILES string of the molecule is c1ccc(CNc2ncnc3c2ncn3-c2ccccc2CCNc2ncnc3nc[nH]c23)cc1. The zero-order valence-electron chi connectivity index (χ0n) is 18.8. The van der Waals surface area contributed by atoms with Gasteiger partial charge in [0.25, 0.3) is 0 Å². The number of imidazole rings is 2. The van der Waals surface area contributed by atoms with Gasteiger partial charge in [0.1, 0.15) is 24.5 Å². The van der Waals surface area contributed by atoms with Gasteiger partial charge in [-0.05, 0) is 23.6 Å². The van der Waals surface area contributed by atoms with Crippen molar-refractivity contribution in [2.45, 2.75) is 13.0 Å². The van der Waals surface area contributed by atoms with Gasteiger partial charge in [-0.2, -0.15) is 0 Å². The average molecular weight is 463 g/mol. The first-order chi connectivity index (χ1) is 17.4. The molecular weight excluding hydrogens is 440 g/mol. The fourth-order valence-corrected chi connectivity index (χ4v) is 4.09. The lowest BCUT2D eigenvalue weighted by atomic mass is 10.1. The molecule has 0 unspecified atom stereocenters. The monoisotopic (exact) mass is 462 g/mol. The number of hydrogen-bond acceptors (Lipinski definition) is 8. The summed E-state index contributed by atoms with van der Waals surface area (Å²) in [7, 11) is 0. The van der Waals surface area contributed by atoms with Gasteiger partial charge in [0, 0.05) is 13.1 Å². The van der Waals surface area contributed by atoms with Crippen molar-refractivity contribution in [3.05, 3.63) is 91.0 Å². The molecule has 172 valence electrons. The van der Waals surface area contributed by atoms with Crippen molar-refractivity contribution in [1.29, 1.82) is 0 Å². The predicted octanol–water partition coefficient (Wildman–Crippen LogP) is 3.75. The van der Waals surface area contributed by atoms with Crippen LogP contribution in [0.25, 0.3) is 28.0 Å². The number of nitrogens with one attached hydrogen (secondary N) is 3. The van der Waals surface area contributed by atoms with E-state index in [0.717, 1.165) is 40.2 Å². The summed E-state index contributed by atoms with van der Waals surface area (Å²) < 4.78 is 2.01. The maximum Gasteiger partial charge on any atom is 0.182 e. The van der Waals surface area contributed by atoms with Crippen LogP contribution in [0.2, 0.25) is 0 Å². The fraction of sp³-hybridized carbons (Fsp3) is 0.120. The summed E-state index contributed by atoms with van der Waals surface area (Å²) in [6.45, 7) is 1.35. The van der Waals surface area contributed by atoms with E-state index in [2.05, 4.69) is 69.8 Å². The van der Waals surface area contributed by atoms with Crippen molar-refractivity contribution in [3.63, 3.8) is 0 Å². The molecule has 10 heteroatoms. The van der Waals surface area contributed by atoms with Gasteiger partial charge < -0.3 is 15.6 Å². The van der Waals surface area contributed by atoms with Gasteiger partial charge in [0.2, 0.25) is 0 Å². The molecule has 6 aromatic rings. The molecule has 0 saturated heterocycles. The van der Waals surface area contributed by atoms with Crippen LogP contribution in [0.3, 0.4) is 0 Å². The van der Waals surface area contributed by atoms with E-state index in [1.54, 1.807) is 19.0 Å². The third-order valence-electron chi connectivity index (χ3n) is 5.80. The molecule has 0 aliphatic heterocycles.